The second-order valence-electron chi connectivity index (χ2n) is 6.14. The molecule has 1 atom stereocenters. The predicted octanol–water partition coefficient (Wildman–Crippen LogP) is 1.38. The number of likely N-dealkylation sites (N-methyl/N-ethyl adjacent to an activating group) is 1. The van der Waals surface area contributed by atoms with Gasteiger partial charge in [0.1, 0.15) is 0 Å². The number of amides is 2. The van der Waals surface area contributed by atoms with Crippen molar-refractivity contribution in [3.63, 3.8) is 0 Å². The average Bonchev–Trinajstić information content (AvgIpc) is 3.27. The molecule has 0 aromatic rings. The molecule has 1 N–H and O–H groups in total. The van der Waals surface area contributed by atoms with E-state index in [-0.39, 0.29) is 23.9 Å². The molecule has 2 aliphatic rings. The summed E-state index contributed by atoms with van der Waals surface area (Å²) >= 11 is 0. The summed E-state index contributed by atoms with van der Waals surface area (Å²) in [4.78, 5) is 28.4. The third-order valence-electron chi connectivity index (χ3n) is 4.75. The summed E-state index contributed by atoms with van der Waals surface area (Å²) in [6.45, 7) is 9.05. The molecule has 2 rings (SSSR count). The van der Waals surface area contributed by atoms with Crippen LogP contribution in [0.15, 0.2) is 0 Å². The molecule has 0 radical (unpaired) electrons. The molecule has 1 saturated carbocycles. The van der Waals surface area contributed by atoms with Gasteiger partial charge >= 0.3 is 0 Å². The monoisotopic (exact) mass is 295 g/mol. The van der Waals surface area contributed by atoms with Crippen LogP contribution in [0.25, 0.3) is 0 Å². The lowest BCUT2D eigenvalue weighted by molar-refractivity contribution is -0.141. The van der Waals surface area contributed by atoms with Gasteiger partial charge in [-0.05, 0) is 32.2 Å². The Kier molecular flexibility index (Phi) is 5.76. The highest BCUT2D eigenvalue weighted by Crippen LogP contribution is 2.26. The van der Waals surface area contributed by atoms with Crippen LogP contribution in [0.3, 0.4) is 0 Å². The van der Waals surface area contributed by atoms with Gasteiger partial charge in [-0.1, -0.05) is 20.8 Å². The number of rotatable bonds is 9. The van der Waals surface area contributed by atoms with E-state index in [1.165, 1.54) is 17.7 Å². The summed E-state index contributed by atoms with van der Waals surface area (Å²) < 4.78 is 0. The van der Waals surface area contributed by atoms with E-state index < -0.39 is 0 Å². The summed E-state index contributed by atoms with van der Waals surface area (Å²) in [5.74, 6) is -0.0380. The number of carbonyl (C=O) groups excluding carboxylic acids is 2. The molecule has 2 fully saturated rings. The molecule has 21 heavy (non-hydrogen) atoms. The molecule has 0 aromatic heterocycles. The quantitative estimate of drug-likeness (QED) is 0.653. The fraction of sp³-hybridized carbons (Fsp3) is 0.875. The third kappa shape index (κ3) is 3.83. The molecule has 120 valence electrons. The van der Waals surface area contributed by atoms with E-state index in [0.717, 1.165) is 38.5 Å². The van der Waals surface area contributed by atoms with Crippen molar-refractivity contribution in [1.29, 1.82) is 0 Å². The Hall–Kier alpha value is -0.940. The van der Waals surface area contributed by atoms with Gasteiger partial charge in [-0.2, -0.15) is 0 Å². The summed E-state index contributed by atoms with van der Waals surface area (Å²) in [7, 11) is 0. The van der Waals surface area contributed by atoms with Crippen LogP contribution < -0.4 is 5.32 Å². The van der Waals surface area contributed by atoms with Crippen molar-refractivity contribution in [3.05, 3.63) is 0 Å². The first-order valence-corrected chi connectivity index (χ1v) is 8.45. The molecule has 1 aliphatic heterocycles. The normalized spacial score (nSPS) is 22.9. The van der Waals surface area contributed by atoms with Crippen LogP contribution in [0.1, 0.15) is 52.9 Å². The minimum Gasteiger partial charge on any atom is -0.304 e. The van der Waals surface area contributed by atoms with Gasteiger partial charge < -0.3 is 5.32 Å². The third-order valence-corrected chi connectivity index (χ3v) is 4.75. The number of hydrogen-bond donors (Lipinski definition) is 1. The molecule has 0 bridgehead atoms. The van der Waals surface area contributed by atoms with Crippen LogP contribution in [0, 0.1) is 0 Å². The standard InChI is InChI=1S/C16H29N3O2/c1-4-12(5-2)19-15(20)11-14(16(19)21)17-9-10-18(6-3)13-7-8-13/h12-14,17H,4-11H2,1-3H3. The van der Waals surface area contributed by atoms with Gasteiger partial charge in [0.25, 0.3) is 0 Å². The molecule has 1 aliphatic carbocycles. The maximum absolute atomic E-state index is 12.4. The fourth-order valence-corrected chi connectivity index (χ4v) is 3.27. The van der Waals surface area contributed by atoms with Gasteiger partial charge in [-0.3, -0.25) is 19.4 Å². The Bertz CT molecular complexity index is 378. The van der Waals surface area contributed by atoms with Gasteiger partial charge in [-0.15, -0.1) is 0 Å². The number of nitrogens with zero attached hydrogens (tertiary/aromatic N) is 2. The fourth-order valence-electron chi connectivity index (χ4n) is 3.27. The molecule has 1 heterocycles. The van der Waals surface area contributed by atoms with E-state index in [4.69, 9.17) is 0 Å². The zero-order valence-corrected chi connectivity index (χ0v) is 13.6. The van der Waals surface area contributed by atoms with E-state index in [9.17, 15) is 9.59 Å². The van der Waals surface area contributed by atoms with Crippen molar-refractivity contribution in [1.82, 2.24) is 15.1 Å². The van der Waals surface area contributed by atoms with E-state index in [0.29, 0.717) is 6.42 Å². The largest absolute Gasteiger partial charge is 0.304 e. The number of likely N-dealkylation sites (tertiary alicyclic amines) is 1. The minimum absolute atomic E-state index is 0.0132. The predicted molar refractivity (Wildman–Crippen MR) is 82.9 cm³/mol. The molecule has 0 spiro atoms. The summed E-state index contributed by atoms with van der Waals surface area (Å²) in [6.07, 6.45) is 4.61. The Labute approximate surface area is 128 Å². The molecule has 1 unspecified atom stereocenters. The lowest BCUT2D eigenvalue weighted by atomic mass is 10.1. The van der Waals surface area contributed by atoms with E-state index >= 15 is 0 Å². The van der Waals surface area contributed by atoms with Gasteiger partial charge in [0.05, 0.1) is 12.5 Å². The Balaban J connectivity index is 1.81. The summed E-state index contributed by atoms with van der Waals surface area (Å²) in [6, 6.07) is 0.505. The highest BCUT2D eigenvalue weighted by Gasteiger charge is 2.41. The highest BCUT2D eigenvalue weighted by molar-refractivity contribution is 6.05. The zero-order valence-electron chi connectivity index (χ0n) is 13.6. The van der Waals surface area contributed by atoms with Crippen LogP contribution in [0.5, 0.6) is 0 Å². The molecule has 0 aromatic carbocycles. The first kappa shape index (κ1) is 16.4. The van der Waals surface area contributed by atoms with Crippen molar-refractivity contribution in [2.24, 2.45) is 0 Å². The summed E-state index contributed by atoms with van der Waals surface area (Å²) in [5, 5.41) is 3.29. The molecule has 5 nitrogen and oxygen atoms in total. The Morgan fingerprint density at radius 2 is 1.90 bits per heavy atom. The molecular weight excluding hydrogens is 266 g/mol. The van der Waals surface area contributed by atoms with Crippen molar-refractivity contribution in [2.45, 2.75) is 71.0 Å². The molecule has 5 heteroatoms. The lowest BCUT2D eigenvalue weighted by Gasteiger charge is -2.25. The number of imide groups is 1. The van der Waals surface area contributed by atoms with Crippen molar-refractivity contribution >= 4 is 11.8 Å². The maximum atomic E-state index is 12.4. The van der Waals surface area contributed by atoms with Gasteiger partial charge in [0.15, 0.2) is 0 Å². The maximum Gasteiger partial charge on any atom is 0.247 e. The van der Waals surface area contributed by atoms with E-state index in [2.05, 4.69) is 17.1 Å². The smallest absolute Gasteiger partial charge is 0.247 e. The molecule has 2 amide bonds. The van der Waals surface area contributed by atoms with Crippen molar-refractivity contribution < 1.29 is 9.59 Å². The van der Waals surface area contributed by atoms with Crippen molar-refractivity contribution in [3.8, 4) is 0 Å². The van der Waals surface area contributed by atoms with Crippen molar-refractivity contribution in [2.75, 3.05) is 19.6 Å². The van der Waals surface area contributed by atoms with E-state index in [1.807, 2.05) is 13.8 Å². The lowest BCUT2D eigenvalue weighted by Crippen LogP contribution is -2.45. The van der Waals surface area contributed by atoms with Gasteiger partial charge in [0, 0.05) is 25.2 Å². The minimum atomic E-state index is -0.309. The van der Waals surface area contributed by atoms with Gasteiger partial charge in [0.2, 0.25) is 11.8 Å². The first-order valence-electron chi connectivity index (χ1n) is 8.45. The SMILES string of the molecule is CCC(CC)N1C(=O)CC(NCCN(CC)C2CC2)C1=O. The topological polar surface area (TPSA) is 52.7 Å². The van der Waals surface area contributed by atoms with Crippen LogP contribution in [0.4, 0.5) is 0 Å². The molecule has 1 saturated heterocycles. The number of hydrogen-bond acceptors (Lipinski definition) is 4. The molecular formula is C16H29N3O2. The Morgan fingerprint density at radius 1 is 1.24 bits per heavy atom. The van der Waals surface area contributed by atoms with E-state index in [1.54, 1.807) is 0 Å². The van der Waals surface area contributed by atoms with Crippen LogP contribution in [-0.2, 0) is 9.59 Å². The number of nitrogens with one attached hydrogen (secondary N) is 1. The first-order chi connectivity index (χ1) is 10.1. The highest BCUT2D eigenvalue weighted by atomic mass is 16.2. The Morgan fingerprint density at radius 3 is 2.43 bits per heavy atom. The average molecular weight is 295 g/mol. The second-order valence-corrected chi connectivity index (χ2v) is 6.14. The van der Waals surface area contributed by atoms with Crippen LogP contribution in [-0.4, -0.2) is 59.4 Å². The van der Waals surface area contributed by atoms with Crippen LogP contribution >= 0.6 is 0 Å². The second kappa shape index (κ2) is 7.36. The van der Waals surface area contributed by atoms with Crippen LogP contribution in [0.2, 0.25) is 0 Å². The number of carbonyl (C=O) groups is 2. The van der Waals surface area contributed by atoms with Gasteiger partial charge in [-0.25, -0.2) is 0 Å². The zero-order chi connectivity index (χ0) is 15.4. The summed E-state index contributed by atoms with van der Waals surface area (Å²) in [5.41, 5.74) is 0.